The minimum atomic E-state index is 0.322. The van der Waals surface area contributed by atoms with E-state index in [-0.39, 0.29) is 0 Å². The molecule has 0 fully saturated rings. The van der Waals surface area contributed by atoms with Gasteiger partial charge in [-0.25, -0.2) is 4.98 Å². The molecule has 4 nitrogen and oxygen atoms in total. The van der Waals surface area contributed by atoms with E-state index in [1.54, 1.807) is 11.3 Å². The van der Waals surface area contributed by atoms with Gasteiger partial charge in [-0.2, -0.15) is 4.98 Å². The molecule has 0 aliphatic heterocycles. The number of ether oxygens (including phenoxy) is 1. The fourth-order valence-electron chi connectivity index (χ4n) is 1.87. The Morgan fingerprint density at radius 2 is 2.26 bits per heavy atom. The molecule has 0 aliphatic carbocycles. The predicted molar refractivity (Wildman–Crippen MR) is 79.0 cm³/mol. The van der Waals surface area contributed by atoms with Crippen molar-refractivity contribution in [1.82, 2.24) is 9.97 Å². The molecule has 2 aromatic rings. The van der Waals surface area contributed by atoms with Gasteiger partial charge in [0.25, 0.3) is 0 Å². The van der Waals surface area contributed by atoms with Crippen molar-refractivity contribution in [2.24, 2.45) is 0 Å². The fourth-order valence-corrected chi connectivity index (χ4v) is 2.71. The van der Waals surface area contributed by atoms with Gasteiger partial charge in [0.1, 0.15) is 11.6 Å². The van der Waals surface area contributed by atoms with Crippen molar-refractivity contribution in [3.63, 3.8) is 0 Å². The molecule has 2 aromatic heterocycles. The Morgan fingerprint density at radius 3 is 2.95 bits per heavy atom. The quantitative estimate of drug-likeness (QED) is 0.880. The van der Waals surface area contributed by atoms with Crippen LogP contribution in [0.4, 0.5) is 5.82 Å². The summed E-state index contributed by atoms with van der Waals surface area (Å²) in [4.78, 5) is 9.99. The first-order valence-corrected chi connectivity index (χ1v) is 7.32. The minimum Gasteiger partial charge on any atom is -0.478 e. The van der Waals surface area contributed by atoms with Gasteiger partial charge in [-0.15, -0.1) is 11.3 Å². The Kier molecular flexibility index (Phi) is 4.74. The third-order valence-corrected chi connectivity index (χ3v) is 3.49. The standard InChI is InChI=1S/C14H19N3OS/c1-4-18-14-9-13(16-11(3)17-14)15-10(2)8-12-6-5-7-19-12/h5-7,9-10H,4,8H2,1-3H3,(H,15,16,17). The summed E-state index contributed by atoms with van der Waals surface area (Å²) in [7, 11) is 0. The molecule has 1 atom stereocenters. The van der Waals surface area contributed by atoms with Crippen LogP contribution in [-0.4, -0.2) is 22.6 Å². The number of rotatable bonds is 6. The molecule has 0 bridgehead atoms. The van der Waals surface area contributed by atoms with E-state index in [1.807, 2.05) is 19.9 Å². The van der Waals surface area contributed by atoms with E-state index in [1.165, 1.54) is 4.88 Å². The zero-order chi connectivity index (χ0) is 13.7. The molecule has 0 amide bonds. The number of aryl methyl sites for hydroxylation is 1. The molecule has 1 unspecified atom stereocenters. The molecular weight excluding hydrogens is 258 g/mol. The van der Waals surface area contributed by atoms with Crippen molar-refractivity contribution in [2.45, 2.75) is 33.2 Å². The molecule has 0 saturated carbocycles. The largest absolute Gasteiger partial charge is 0.478 e. The summed E-state index contributed by atoms with van der Waals surface area (Å²) in [5, 5.41) is 5.50. The second-order valence-corrected chi connectivity index (χ2v) is 5.43. The number of hydrogen-bond acceptors (Lipinski definition) is 5. The Labute approximate surface area is 117 Å². The van der Waals surface area contributed by atoms with Crippen LogP contribution in [0.15, 0.2) is 23.6 Å². The molecule has 0 saturated heterocycles. The monoisotopic (exact) mass is 277 g/mol. The minimum absolute atomic E-state index is 0.322. The van der Waals surface area contributed by atoms with Crippen LogP contribution >= 0.6 is 11.3 Å². The summed E-state index contributed by atoms with van der Waals surface area (Å²) in [5.74, 6) is 2.16. The molecule has 2 heterocycles. The zero-order valence-electron chi connectivity index (χ0n) is 11.5. The number of nitrogens with zero attached hydrogens (tertiary/aromatic N) is 2. The van der Waals surface area contributed by atoms with Crippen LogP contribution in [0, 0.1) is 6.92 Å². The van der Waals surface area contributed by atoms with Gasteiger partial charge in [-0.3, -0.25) is 0 Å². The molecule has 102 valence electrons. The summed E-state index contributed by atoms with van der Waals surface area (Å²) in [6.45, 7) is 6.58. The highest BCUT2D eigenvalue weighted by Gasteiger charge is 2.08. The summed E-state index contributed by atoms with van der Waals surface area (Å²) in [6.07, 6.45) is 0.991. The molecule has 0 aliphatic rings. The highest BCUT2D eigenvalue weighted by molar-refractivity contribution is 7.09. The van der Waals surface area contributed by atoms with E-state index in [4.69, 9.17) is 4.74 Å². The van der Waals surface area contributed by atoms with Crippen molar-refractivity contribution >= 4 is 17.2 Å². The third-order valence-electron chi connectivity index (χ3n) is 2.59. The van der Waals surface area contributed by atoms with Crippen molar-refractivity contribution in [2.75, 3.05) is 11.9 Å². The lowest BCUT2D eigenvalue weighted by atomic mass is 10.2. The summed E-state index contributed by atoms with van der Waals surface area (Å²) < 4.78 is 5.43. The van der Waals surface area contributed by atoms with Crippen molar-refractivity contribution in [3.8, 4) is 5.88 Å². The van der Waals surface area contributed by atoms with Crippen LogP contribution in [0.25, 0.3) is 0 Å². The van der Waals surface area contributed by atoms with Gasteiger partial charge < -0.3 is 10.1 Å². The second kappa shape index (κ2) is 6.52. The lowest BCUT2D eigenvalue weighted by Crippen LogP contribution is -2.18. The molecule has 1 N–H and O–H groups in total. The van der Waals surface area contributed by atoms with E-state index < -0.39 is 0 Å². The predicted octanol–water partition coefficient (Wildman–Crippen LogP) is 3.29. The number of aromatic nitrogens is 2. The Bertz CT molecular complexity index is 513. The van der Waals surface area contributed by atoms with Gasteiger partial charge in [0, 0.05) is 23.4 Å². The molecular formula is C14H19N3OS. The van der Waals surface area contributed by atoms with Crippen LogP contribution in [0.5, 0.6) is 5.88 Å². The first-order chi connectivity index (χ1) is 9.17. The Balaban J connectivity index is 2.01. The first kappa shape index (κ1) is 13.8. The molecule has 0 spiro atoms. The summed E-state index contributed by atoms with van der Waals surface area (Å²) in [6, 6.07) is 6.40. The van der Waals surface area contributed by atoms with Crippen molar-refractivity contribution in [1.29, 1.82) is 0 Å². The van der Waals surface area contributed by atoms with Crippen LogP contribution in [0.1, 0.15) is 24.5 Å². The third kappa shape index (κ3) is 4.21. The molecule has 2 rings (SSSR count). The Hall–Kier alpha value is -1.62. The van der Waals surface area contributed by atoms with E-state index in [0.717, 1.165) is 18.1 Å². The zero-order valence-corrected chi connectivity index (χ0v) is 12.3. The number of thiophene rings is 1. The van der Waals surface area contributed by atoms with Crippen LogP contribution in [-0.2, 0) is 6.42 Å². The van der Waals surface area contributed by atoms with E-state index >= 15 is 0 Å². The number of nitrogens with one attached hydrogen (secondary N) is 1. The van der Waals surface area contributed by atoms with Crippen molar-refractivity contribution < 1.29 is 4.74 Å². The maximum absolute atomic E-state index is 5.43. The topological polar surface area (TPSA) is 47.0 Å². The number of anilines is 1. The molecule has 0 aromatic carbocycles. The summed E-state index contributed by atoms with van der Waals surface area (Å²) >= 11 is 1.78. The smallest absolute Gasteiger partial charge is 0.218 e. The van der Waals surface area contributed by atoms with Gasteiger partial charge in [-0.1, -0.05) is 6.07 Å². The van der Waals surface area contributed by atoms with E-state index in [2.05, 4.69) is 39.7 Å². The average molecular weight is 277 g/mol. The number of hydrogen-bond donors (Lipinski definition) is 1. The van der Waals surface area contributed by atoms with Crippen LogP contribution in [0.3, 0.4) is 0 Å². The van der Waals surface area contributed by atoms with Gasteiger partial charge in [0.05, 0.1) is 6.61 Å². The average Bonchev–Trinajstić information content (AvgIpc) is 2.81. The second-order valence-electron chi connectivity index (χ2n) is 4.40. The molecule has 0 radical (unpaired) electrons. The van der Waals surface area contributed by atoms with Crippen LogP contribution < -0.4 is 10.1 Å². The molecule has 5 heteroatoms. The van der Waals surface area contributed by atoms with E-state index in [0.29, 0.717) is 18.5 Å². The fraction of sp³-hybridized carbons (Fsp3) is 0.429. The highest BCUT2D eigenvalue weighted by Crippen LogP contribution is 2.17. The van der Waals surface area contributed by atoms with Gasteiger partial charge in [0.2, 0.25) is 5.88 Å². The first-order valence-electron chi connectivity index (χ1n) is 6.44. The van der Waals surface area contributed by atoms with Gasteiger partial charge in [-0.05, 0) is 32.2 Å². The van der Waals surface area contributed by atoms with Gasteiger partial charge >= 0.3 is 0 Å². The van der Waals surface area contributed by atoms with E-state index in [9.17, 15) is 0 Å². The van der Waals surface area contributed by atoms with Crippen molar-refractivity contribution in [3.05, 3.63) is 34.3 Å². The van der Waals surface area contributed by atoms with Gasteiger partial charge in [0.15, 0.2) is 0 Å². The molecule has 19 heavy (non-hydrogen) atoms. The highest BCUT2D eigenvalue weighted by atomic mass is 32.1. The SMILES string of the molecule is CCOc1cc(NC(C)Cc2cccs2)nc(C)n1. The lowest BCUT2D eigenvalue weighted by molar-refractivity contribution is 0.325. The maximum atomic E-state index is 5.43. The normalized spacial score (nSPS) is 12.2. The maximum Gasteiger partial charge on any atom is 0.218 e. The summed E-state index contributed by atoms with van der Waals surface area (Å²) in [5.41, 5.74) is 0. The van der Waals surface area contributed by atoms with Crippen LogP contribution in [0.2, 0.25) is 0 Å². The lowest BCUT2D eigenvalue weighted by Gasteiger charge is -2.14. The Morgan fingerprint density at radius 1 is 1.42 bits per heavy atom.